The molecule has 0 saturated heterocycles. The van der Waals surface area contributed by atoms with E-state index in [2.05, 4.69) is 29.0 Å². The number of carbonyl (C=O) groups excluding carboxylic acids is 1. The fraction of sp³-hybridized carbons (Fsp3) is 0.400. The van der Waals surface area contributed by atoms with Crippen LogP contribution in [0, 0.1) is 0 Å². The van der Waals surface area contributed by atoms with Gasteiger partial charge in [-0.25, -0.2) is 4.98 Å². The number of carbonyl (C=O) groups is 1. The molecule has 6 nitrogen and oxygen atoms in total. The molecule has 1 N–H and O–H groups in total. The number of nitrogens with one attached hydrogen (secondary N) is 1. The highest BCUT2D eigenvalue weighted by Gasteiger charge is 2.10. The summed E-state index contributed by atoms with van der Waals surface area (Å²) in [5, 5.41) is 4.95. The second-order valence-corrected chi connectivity index (χ2v) is 7.13. The molecule has 0 saturated carbocycles. The number of benzene rings is 1. The first kappa shape index (κ1) is 19.4. The Bertz CT molecular complexity index is 841. The van der Waals surface area contributed by atoms with E-state index < -0.39 is 0 Å². The zero-order valence-corrected chi connectivity index (χ0v) is 16.7. The van der Waals surface area contributed by atoms with Crippen LogP contribution in [0.4, 0.5) is 0 Å². The summed E-state index contributed by atoms with van der Waals surface area (Å²) in [6, 6.07) is 7.85. The maximum Gasteiger partial charge on any atom is 0.226 e. The van der Waals surface area contributed by atoms with Crippen LogP contribution in [0.25, 0.3) is 4.96 Å². The second-order valence-electron chi connectivity index (χ2n) is 6.26. The van der Waals surface area contributed by atoms with Crippen LogP contribution >= 0.6 is 11.3 Å². The molecule has 3 rings (SSSR count). The number of para-hydroxylation sites is 1. The highest BCUT2D eigenvalue weighted by molar-refractivity contribution is 7.15. The predicted molar refractivity (Wildman–Crippen MR) is 108 cm³/mol. The third-order valence-electron chi connectivity index (χ3n) is 4.49. The van der Waals surface area contributed by atoms with Crippen molar-refractivity contribution >= 4 is 22.2 Å². The minimum Gasteiger partial charge on any atom is -0.492 e. The lowest BCUT2D eigenvalue weighted by molar-refractivity contribution is -0.120. The highest BCUT2D eigenvalue weighted by Crippen LogP contribution is 2.18. The Balaban J connectivity index is 1.51. The fourth-order valence-corrected chi connectivity index (χ4v) is 3.62. The smallest absolute Gasteiger partial charge is 0.226 e. The number of thiazole rings is 1. The molecule has 0 aliphatic carbocycles. The Morgan fingerprint density at radius 2 is 2.11 bits per heavy atom. The number of aromatic nitrogens is 2. The van der Waals surface area contributed by atoms with Gasteiger partial charge < -0.3 is 15.0 Å². The van der Waals surface area contributed by atoms with Gasteiger partial charge in [-0.15, -0.1) is 11.3 Å². The standard InChI is InChI=1S/C20H26N4O2S/c1-3-23(4-2)9-11-26-18-8-6-5-7-16(18)14-21-19(25)13-17-15-24-10-12-27-20(24)22-17/h5-8,10,12,15H,3-4,9,11,13-14H2,1-2H3,(H,21,25). The molecule has 3 aromatic rings. The topological polar surface area (TPSA) is 58.9 Å². The average molecular weight is 387 g/mol. The Morgan fingerprint density at radius 1 is 1.30 bits per heavy atom. The quantitative estimate of drug-likeness (QED) is 0.582. The van der Waals surface area contributed by atoms with Crippen LogP contribution in [0.1, 0.15) is 25.1 Å². The van der Waals surface area contributed by atoms with E-state index in [1.807, 2.05) is 46.4 Å². The molecule has 2 heterocycles. The molecule has 7 heteroatoms. The first-order valence-electron chi connectivity index (χ1n) is 9.30. The monoisotopic (exact) mass is 386 g/mol. The molecule has 1 amide bonds. The van der Waals surface area contributed by atoms with Crippen LogP contribution in [0.15, 0.2) is 42.0 Å². The van der Waals surface area contributed by atoms with Gasteiger partial charge in [-0.1, -0.05) is 32.0 Å². The van der Waals surface area contributed by atoms with Crippen molar-refractivity contribution in [1.82, 2.24) is 19.6 Å². The Kier molecular flexibility index (Phi) is 6.84. The number of imidazole rings is 1. The summed E-state index contributed by atoms with van der Waals surface area (Å²) in [6.45, 7) is 8.31. The van der Waals surface area contributed by atoms with E-state index in [-0.39, 0.29) is 12.3 Å². The lowest BCUT2D eigenvalue weighted by Gasteiger charge is -2.19. The molecule has 27 heavy (non-hydrogen) atoms. The zero-order valence-electron chi connectivity index (χ0n) is 15.9. The molecule has 0 radical (unpaired) electrons. The van der Waals surface area contributed by atoms with Crippen molar-refractivity contribution in [2.75, 3.05) is 26.2 Å². The Morgan fingerprint density at radius 3 is 2.89 bits per heavy atom. The summed E-state index contributed by atoms with van der Waals surface area (Å²) in [5.74, 6) is 0.783. The van der Waals surface area contributed by atoms with Crippen molar-refractivity contribution in [1.29, 1.82) is 0 Å². The van der Waals surface area contributed by atoms with Gasteiger partial charge in [0.05, 0.1) is 12.1 Å². The molecule has 0 unspecified atom stereocenters. The lowest BCUT2D eigenvalue weighted by Crippen LogP contribution is -2.28. The summed E-state index contributed by atoms with van der Waals surface area (Å²) < 4.78 is 7.88. The number of hydrogen-bond donors (Lipinski definition) is 1. The van der Waals surface area contributed by atoms with Gasteiger partial charge in [-0.05, 0) is 19.2 Å². The van der Waals surface area contributed by atoms with Gasteiger partial charge in [0.2, 0.25) is 5.91 Å². The molecular formula is C20H26N4O2S. The molecule has 0 fully saturated rings. The van der Waals surface area contributed by atoms with Crippen molar-refractivity contribution < 1.29 is 9.53 Å². The molecule has 0 bridgehead atoms. The summed E-state index contributed by atoms with van der Waals surface area (Å²) >= 11 is 1.56. The van der Waals surface area contributed by atoms with Crippen molar-refractivity contribution in [3.63, 3.8) is 0 Å². The van der Waals surface area contributed by atoms with Crippen LogP contribution in [-0.2, 0) is 17.8 Å². The molecule has 1 aromatic carbocycles. The van der Waals surface area contributed by atoms with E-state index >= 15 is 0 Å². The minimum absolute atomic E-state index is 0.0429. The normalized spacial score (nSPS) is 11.2. The fourth-order valence-electron chi connectivity index (χ4n) is 2.90. The molecule has 0 atom stereocenters. The van der Waals surface area contributed by atoms with E-state index in [0.29, 0.717) is 13.2 Å². The number of rotatable bonds is 10. The molecule has 0 aliphatic heterocycles. The van der Waals surface area contributed by atoms with Crippen LogP contribution in [0.5, 0.6) is 5.75 Å². The van der Waals surface area contributed by atoms with Gasteiger partial charge in [0.25, 0.3) is 0 Å². The summed E-state index contributed by atoms with van der Waals surface area (Å²) in [5.41, 5.74) is 1.76. The van der Waals surface area contributed by atoms with Crippen LogP contribution in [0.3, 0.4) is 0 Å². The maximum absolute atomic E-state index is 12.3. The molecule has 2 aromatic heterocycles. The number of likely N-dealkylation sites (N-methyl/N-ethyl adjacent to an activating group) is 1. The van der Waals surface area contributed by atoms with E-state index in [9.17, 15) is 4.79 Å². The van der Waals surface area contributed by atoms with Gasteiger partial charge in [-0.2, -0.15) is 0 Å². The van der Waals surface area contributed by atoms with E-state index in [1.54, 1.807) is 11.3 Å². The third-order valence-corrected chi connectivity index (χ3v) is 5.26. The van der Waals surface area contributed by atoms with Crippen molar-refractivity contribution in [3.05, 3.63) is 53.3 Å². The predicted octanol–water partition coefficient (Wildman–Crippen LogP) is 2.98. The van der Waals surface area contributed by atoms with E-state index in [1.165, 1.54) is 0 Å². The van der Waals surface area contributed by atoms with Crippen molar-refractivity contribution in [2.45, 2.75) is 26.8 Å². The number of fused-ring (bicyclic) bond motifs is 1. The summed E-state index contributed by atoms with van der Waals surface area (Å²) in [7, 11) is 0. The van der Waals surface area contributed by atoms with Crippen LogP contribution in [0.2, 0.25) is 0 Å². The number of hydrogen-bond acceptors (Lipinski definition) is 5. The average Bonchev–Trinajstić information content (AvgIpc) is 3.26. The second kappa shape index (κ2) is 9.53. The Labute approximate surface area is 163 Å². The highest BCUT2D eigenvalue weighted by atomic mass is 32.1. The number of ether oxygens (including phenoxy) is 1. The lowest BCUT2D eigenvalue weighted by atomic mass is 10.2. The SMILES string of the molecule is CCN(CC)CCOc1ccccc1CNC(=O)Cc1cn2ccsc2n1. The Hall–Kier alpha value is -2.38. The minimum atomic E-state index is -0.0429. The summed E-state index contributed by atoms with van der Waals surface area (Å²) in [4.78, 5) is 19.9. The largest absolute Gasteiger partial charge is 0.492 e. The van der Waals surface area contributed by atoms with E-state index in [4.69, 9.17) is 4.74 Å². The molecule has 0 spiro atoms. The molecular weight excluding hydrogens is 360 g/mol. The summed E-state index contributed by atoms with van der Waals surface area (Å²) in [6.07, 6.45) is 4.12. The number of nitrogens with zero attached hydrogens (tertiary/aromatic N) is 3. The first-order valence-corrected chi connectivity index (χ1v) is 10.2. The maximum atomic E-state index is 12.3. The number of amides is 1. The van der Waals surface area contributed by atoms with Crippen molar-refractivity contribution in [2.24, 2.45) is 0 Å². The first-order chi connectivity index (χ1) is 13.2. The molecule has 0 aliphatic rings. The van der Waals surface area contributed by atoms with Gasteiger partial charge in [-0.3, -0.25) is 9.20 Å². The zero-order chi connectivity index (χ0) is 19.1. The van der Waals surface area contributed by atoms with Gasteiger partial charge in [0.1, 0.15) is 12.4 Å². The third kappa shape index (κ3) is 5.30. The van der Waals surface area contributed by atoms with Crippen LogP contribution in [-0.4, -0.2) is 46.4 Å². The van der Waals surface area contributed by atoms with Crippen LogP contribution < -0.4 is 10.1 Å². The van der Waals surface area contributed by atoms with Gasteiger partial charge >= 0.3 is 0 Å². The molecule has 144 valence electrons. The van der Waals surface area contributed by atoms with Crippen molar-refractivity contribution in [3.8, 4) is 5.75 Å². The van der Waals surface area contributed by atoms with E-state index in [0.717, 1.165) is 41.6 Å². The van der Waals surface area contributed by atoms with Gasteiger partial charge in [0, 0.05) is 36.4 Å². The van der Waals surface area contributed by atoms with Gasteiger partial charge in [0.15, 0.2) is 4.96 Å².